The Morgan fingerprint density at radius 2 is 1.68 bits per heavy atom. The van der Waals surface area contributed by atoms with Crippen LogP contribution in [0.4, 0.5) is 4.39 Å². The summed E-state index contributed by atoms with van der Waals surface area (Å²) in [4.78, 5) is 45.6. The molecule has 2 aromatic carbocycles. The second-order valence-electron chi connectivity index (χ2n) is 9.56. The number of carbonyl (C=O) groups is 1. The summed E-state index contributed by atoms with van der Waals surface area (Å²) in [6.07, 6.45) is 1.28. The van der Waals surface area contributed by atoms with Crippen molar-refractivity contribution >= 4 is 17.1 Å². The first kappa shape index (κ1) is 25.4. The number of benzene rings is 2. The molecule has 0 bridgehead atoms. The van der Waals surface area contributed by atoms with Gasteiger partial charge in [0.1, 0.15) is 29.0 Å². The van der Waals surface area contributed by atoms with Crippen LogP contribution in [0.1, 0.15) is 44.8 Å². The maximum atomic E-state index is 13.5. The Labute approximate surface area is 218 Å². The number of ether oxygens (including phenoxy) is 1. The SMILES string of the molecule is CCCn1c(=O)c2[nH]c(-c3ccc(OC(c4ccc(F)cc4)C4CNC(=O)C4)cc3)nc2n(CCC)c1=O. The van der Waals surface area contributed by atoms with Crippen molar-refractivity contribution in [2.24, 2.45) is 5.92 Å². The Balaban J connectivity index is 1.46. The molecule has 2 atom stereocenters. The standard InChI is InChI=1S/C28H30FN5O4/c1-3-13-33-26-23(27(36)34(14-4-2)28(33)37)31-25(32-26)18-7-11-21(12-8-18)38-24(19-15-22(35)30-16-19)17-5-9-20(29)10-6-17/h5-12,19,24H,3-4,13-16H2,1-2H3,(H,30,35)(H,31,32). The van der Waals surface area contributed by atoms with Crippen LogP contribution in [0.3, 0.4) is 0 Å². The van der Waals surface area contributed by atoms with Gasteiger partial charge in [-0.05, 0) is 54.8 Å². The van der Waals surface area contributed by atoms with E-state index in [2.05, 4.69) is 15.3 Å². The van der Waals surface area contributed by atoms with E-state index in [0.29, 0.717) is 55.2 Å². The topological polar surface area (TPSA) is 111 Å². The number of halogens is 1. The maximum Gasteiger partial charge on any atom is 0.332 e. The predicted molar refractivity (Wildman–Crippen MR) is 142 cm³/mol. The van der Waals surface area contributed by atoms with Crippen LogP contribution >= 0.6 is 0 Å². The molecule has 1 saturated heterocycles. The summed E-state index contributed by atoms with van der Waals surface area (Å²) >= 11 is 0. The number of imidazole rings is 1. The molecular formula is C28H30FN5O4. The molecule has 1 amide bonds. The van der Waals surface area contributed by atoms with Gasteiger partial charge in [-0.3, -0.25) is 18.7 Å². The lowest BCUT2D eigenvalue weighted by atomic mass is 9.94. The summed E-state index contributed by atoms with van der Waals surface area (Å²) in [5, 5.41) is 2.84. The smallest absolute Gasteiger partial charge is 0.332 e. The minimum Gasteiger partial charge on any atom is -0.485 e. The van der Waals surface area contributed by atoms with Gasteiger partial charge >= 0.3 is 5.69 Å². The fourth-order valence-corrected chi connectivity index (χ4v) is 4.92. The number of nitrogens with zero attached hydrogens (tertiary/aromatic N) is 3. The Morgan fingerprint density at radius 3 is 2.32 bits per heavy atom. The fourth-order valence-electron chi connectivity index (χ4n) is 4.92. The molecular weight excluding hydrogens is 489 g/mol. The van der Waals surface area contributed by atoms with Crippen LogP contribution < -0.4 is 21.3 Å². The summed E-state index contributed by atoms with van der Waals surface area (Å²) in [6.45, 7) is 5.17. The van der Waals surface area contributed by atoms with Crippen LogP contribution in [0.2, 0.25) is 0 Å². The Kier molecular flexibility index (Phi) is 7.13. The molecule has 10 heteroatoms. The van der Waals surface area contributed by atoms with Crippen LogP contribution in [0.25, 0.3) is 22.6 Å². The molecule has 1 fully saturated rings. The van der Waals surface area contributed by atoms with Gasteiger partial charge in [0.15, 0.2) is 5.65 Å². The number of hydrogen-bond donors (Lipinski definition) is 2. The molecule has 2 aromatic heterocycles. The van der Waals surface area contributed by atoms with E-state index in [0.717, 1.165) is 17.5 Å². The summed E-state index contributed by atoms with van der Waals surface area (Å²) in [5.74, 6) is 0.581. The lowest BCUT2D eigenvalue weighted by molar-refractivity contribution is -0.119. The highest BCUT2D eigenvalue weighted by molar-refractivity contribution is 5.78. The summed E-state index contributed by atoms with van der Waals surface area (Å²) < 4.78 is 22.6. The molecule has 1 aliphatic heterocycles. The molecule has 38 heavy (non-hydrogen) atoms. The highest BCUT2D eigenvalue weighted by Crippen LogP contribution is 2.33. The summed E-state index contributed by atoms with van der Waals surface area (Å²) in [5.41, 5.74) is 1.43. The van der Waals surface area contributed by atoms with E-state index in [1.54, 1.807) is 28.8 Å². The molecule has 2 N–H and O–H groups in total. The number of hydrogen-bond acceptors (Lipinski definition) is 5. The van der Waals surface area contributed by atoms with Gasteiger partial charge in [0.25, 0.3) is 5.56 Å². The largest absolute Gasteiger partial charge is 0.485 e. The lowest BCUT2D eigenvalue weighted by Crippen LogP contribution is -2.40. The predicted octanol–water partition coefficient (Wildman–Crippen LogP) is 3.77. The Hall–Kier alpha value is -4.21. The zero-order valence-corrected chi connectivity index (χ0v) is 21.4. The van der Waals surface area contributed by atoms with E-state index in [-0.39, 0.29) is 28.9 Å². The second kappa shape index (κ2) is 10.6. The first-order chi connectivity index (χ1) is 18.4. The molecule has 2 unspecified atom stereocenters. The van der Waals surface area contributed by atoms with Crippen LogP contribution in [-0.2, 0) is 17.9 Å². The van der Waals surface area contributed by atoms with E-state index < -0.39 is 6.10 Å². The van der Waals surface area contributed by atoms with Crippen LogP contribution in [0.15, 0.2) is 58.1 Å². The summed E-state index contributed by atoms with van der Waals surface area (Å²) in [6, 6.07) is 13.3. The van der Waals surface area contributed by atoms with Crippen molar-refractivity contribution in [3.05, 3.63) is 80.7 Å². The third-order valence-electron chi connectivity index (χ3n) is 6.78. The van der Waals surface area contributed by atoms with Crippen molar-refractivity contribution in [2.45, 2.75) is 52.3 Å². The first-order valence-electron chi connectivity index (χ1n) is 12.9. The number of aromatic nitrogens is 4. The first-order valence-corrected chi connectivity index (χ1v) is 12.9. The van der Waals surface area contributed by atoms with Crippen LogP contribution in [0, 0.1) is 11.7 Å². The molecule has 5 rings (SSSR count). The average molecular weight is 520 g/mol. The van der Waals surface area contributed by atoms with E-state index in [1.165, 1.54) is 16.7 Å². The van der Waals surface area contributed by atoms with Gasteiger partial charge in [-0.25, -0.2) is 14.2 Å². The van der Waals surface area contributed by atoms with Gasteiger partial charge in [0.05, 0.1) is 0 Å². The number of aromatic amines is 1. The molecule has 0 spiro atoms. The zero-order valence-electron chi connectivity index (χ0n) is 21.4. The Bertz CT molecular complexity index is 1570. The summed E-state index contributed by atoms with van der Waals surface area (Å²) in [7, 11) is 0. The fraction of sp³-hybridized carbons (Fsp3) is 0.357. The number of H-pyrrole nitrogens is 1. The third-order valence-corrected chi connectivity index (χ3v) is 6.78. The third kappa shape index (κ3) is 4.85. The Morgan fingerprint density at radius 1 is 1.00 bits per heavy atom. The molecule has 9 nitrogen and oxygen atoms in total. The highest BCUT2D eigenvalue weighted by atomic mass is 19.1. The van der Waals surface area contributed by atoms with Crippen LogP contribution in [0.5, 0.6) is 5.75 Å². The number of fused-ring (bicyclic) bond motifs is 1. The lowest BCUT2D eigenvalue weighted by Gasteiger charge is -2.24. The van der Waals surface area contributed by atoms with Gasteiger partial charge in [-0.15, -0.1) is 0 Å². The zero-order chi connectivity index (χ0) is 26.8. The number of carbonyl (C=O) groups excluding carboxylic acids is 1. The quantitative estimate of drug-likeness (QED) is 0.350. The molecule has 4 aromatic rings. The highest BCUT2D eigenvalue weighted by Gasteiger charge is 2.32. The minimum absolute atomic E-state index is 0.0366. The normalized spacial score (nSPS) is 16.1. The number of amides is 1. The molecule has 198 valence electrons. The molecule has 3 heterocycles. The minimum atomic E-state index is -0.438. The van der Waals surface area contributed by atoms with Crippen molar-refractivity contribution in [2.75, 3.05) is 6.54 Å². The number of nitrogens with one attached hydrogen (secondary N) is 2. The van der Waals surface area contributed by atoms with E-state index in [4.69, 9.17) is 4.74 Å². The van der Waals surface area contributed by atoms with Crippen molar-refractivity contribution < 1.29 is 13.9 Å². The van der Waals surface area contributed by atoms with Crippen molar-refractivity contribution in [1.82, 2.24) is 24.4 Å². The molecule has 1 aliphatic rings. The van der Waals surface area contributed by atoms with Crippen LogP contribution in [-0.4, -0.2) is 31.6 Å². The van der Waals surface area contributed by atoms with E-state index >= 15 is 0 Å². The van der Waals surface area contributed by atoms with Gasteiger partial charge < -0.3 is 15.0 Å². The van der Waals surface area contributed by atoms with Gasteiger partial charge in [-0.2, -0.15) is 0 Å². The van der Waals surface area contributed by atoms with Crippen molar-refractivity contribution in [3.8, 4) is 17.1 Å². The number of aryl methyl sites for hydroxylation is 1. The average Bonchev–Trinajstić information content (AvgIpc) is 3.56. The van der Waals surface area contributed by atoms with Gasteiger partial charge in [0, 0.05) is 37.5 Å². The molecule has 0 saturated carbocycles. The van der Waals surface area contributed by atoms with E-state index in [9.17, 15) is 18.8 Å². The van der Waals surface area contributed by atoms with Gasteiger partial charge in [0.2, 0.25) is 5.91 Å². The second-order valence-corrected chi connectivity index (χ2v) is 9.56. The molecule has 0 aliphatic carbocycles. The van der Waals surface area contributed by atoms with Crippen molar-refractivity contribution in [3.63, 3.8) is 0 Å². The van der Waals surface area contributed by atoms with Crippen molar-refractivity contribution in [1.29, 1.82) is 0 Å². The molecule has 0 radical (unpaired) electrons. The van der Waals surface area contributed by atoms with Gasteiger partial charge in [-0.1, -0.05) is 26.0 Å². The van der Waals surface area contributed by atoms with E-state index in [1.807, 2.05) is 26.0 Å². The monoisotopic (exact) mass is 519 g/mol. The number of rotatable bonds is 9. The maximum absolute atomic E-state index is 13.5.